The number of aliphatic hydroxyl groups is 1. The molecule has 7 nitrogen and oxygen atoms in total. The number of para-hydroxylation sites is 1. The number of anilines is 1. The molecular formula is C17H20N4O3. The summed E-state index contributed by atoms with van der Waals surface area (Å²) in [5.41, 5.74) is 2.88. The first kappa shape index (κ1) is 15.2. The van der Waals surface area contributed by atoms with Crippen molar-refractivity contribution in [2.75, 3.05) is 25.1 Å². The Morgan fingerprint density at radius 3 is 3.00 bits per heavy atom. The SMILES string of the molecule is OCCc1noc(-c2cc3cccc(NC4CCOCC4)c3[nH]2)n1. The molecule has 24 heavy (non-hydrogen) atoms. The number of fused-ring (bicyclic) bond motifs is 1. The van der Waals surface area contributed by atoms with Gasteiger partial charge in [0.2, 0.25) is 0 Å². The Bertz CT molecular complexity index is 820. The average Bonchev–Trinajstić information content (AvgIpc) is 3.23. The fourth-order valence-electron chi connectivity index (χ4n) is 3.02. The molecule has 0 unspecified atom stereocenters. The molecule has 3 aromatic rings. The molecule has 0 atom stereocenters. The molecule has 0 saturated carbocycles. The lowest BCUT2D eigenvalue weighted by atomic mass is 10.1. The second-order valence-corrected chi connectivity index (χ2v) is 5.97. The van der Waals surface area contributed by atoms with Crippen LogP contribution in [0.15, 0.2) is 28.8 Å². The van der Waals surface area contributed by atoms with E-state index in [1.54, 1.807) is 0 Å². The molecule has 0 aliphatic carbocycles. The lowest BCUT2D eigenvalue weighted by Gasteiger charge is -2.24. The van der Waals surface area contributed by atoms with Gasteiger partial charge in [0.1, 0.15) is 5.69 Å². The second-order valence-electron chi connectivity index (χ2n) is 5.97. The third-order valence-electron chi connectivity index (χ3n) is 4.27. The standard InChI is InChI=1S/C17H20N4O3/c22-7-4-15-20-17(24-21-15)14-10-11-2-1-3-13(16(11)19-14)18-12-5-8-23-9-6-12/h1-3,10,12,18-19,22H,4-9H2. The molecule has 7 heteroatoms. The summed E-state index contributed by atoms with van der Waals surface area (Å²) in [5.74, 6) is 0.943. The van der Waals surface area contributed by atoms with E-state index in [1.165, 1.54) is 0 Å². The van der Waals surface area contributed by atoms with Crippen LogP contribution in [0.4, 0.5) is 5.69 Å². The van der Waals surface area contributed by atoms with Crippen molar-refractivity contribution in [1.29, 1.82) is 0 Å². The normalized spacial score (nSPS) is 15.9. The maximum absolute atomic E-state index is 8.96. The number of hydrogen-bond donors (Lipinski definition) is 3. The smallest absolute Gasteiger partial charge is 0.274 e. The number of nitrogens with zero attached hydrogens (tertiary/aromatic N) is 2. The molecule has 1 saturated heterocycles. The Labute approximate surface area is 139 Å². The molecule has 1 aromatic carbocycles. The van der Waals surface area contributed by atoms with E-state index in [-0.39, 0.29) is 6.61 Å². The van der Waals surface area contributed by atoms with Gasteiger partial charge in [0.25, 0.3) is 5.89 Å². The molecule has 4 rings (SSSR count). The topological polar surface area (TPSA) is 96.2 Å². The minimum absolute atomic E-state index is 0.00481. The molecule has 1 fully saturated rings. The van der Waals surface area contributed by atoms with Crippen molar-refractivity contribution in [2.45, 2.75) is 25.3 Å². The monoisotopic (exact) mass is 328 g/mol. The number of aromatic amines is 1. The largest absolute Gasteiger partial charge is 0.396 e. The van der Waals surface area contributed by atoms with Gasteiger partial charge in [0.05, 0.1) is 17.8 Å². The number of rotatable bonds is 5. The molecule has 2 aromatic heterocycles. The lowest BCUT2D eigenvalue weighted by Crippen LogP contribution is -2.27. The van der Waals surface area contributed by atoms with E-state index < -0.39 is 0 Å². The second kappa shape index (κ2) is 6.62. The van der Waals surface area contributed by atoms with E-state index in [4.69, 9.17) is 14.4 Å². The van der Waals surface area contributed by atoms with Crippen LogP contribution in [0.25, 0.3) is 22.5 Å². The van der Waals surface area contributed by atoms with E-state index in [0.717, 1.165) is 48.3 Å². The van der Waals surface area contributed by atoms with Crippen LogP contribution in [0.2, 0.25) is 0 Å². The van der Waals surface area contributed by atoms with Crippen molar-refractivity contribution >= 4 is 16.6 Å². The van der Waals surface area contributed by atoms with Crippen LogP contribution in [-0.2, 0) is 11.2 Å². The van der Waals surface area contributed by atoms with Gasteiger partial charge in [0, 0.05) is 31.1 Å². The van der Waals surface area contributed by atoms with E-state index in [0.29, 0.717) is 24.2 Å². The zero-order chi connectivity index (χ0) is 16.4. The fraction of sp³-hybridized carbons (Fsp3) is 0.412. The van der Waals surface area contributed by atoms with Gasteiger partial charge in [-0.05, 0) is 25.0 Å². The number of hydrogen-bond acceptors (Lipinski definition) is 6. The molecule has 0 spiro atoms. The zero-order valence-electron chi connectivity index (χ0n) is 13.3. The van der Waals surface area contributed by atoms with Gasteiger partial charge >= 0.3 is 0 Å². The van der Waals surface area contributed by atoms with Crippen molar-refractivity contribution in [3.05, 3.63) is 30.1 Å². The van der Waals surface area contributed by atoms with Crippen LogP contribution in [-0.4, -0.2) is 46.1 Å². The summed E-state index contributed by atoms with van der Waals surface area (Å²) in [5, 5.41) is 17.5. The Kier molecular flexibility index (Phi) is 4.18. The molecule has 126 valence electrons. The molecule has 3 heterocycles. The highest BCUT2D eigenvalue weighted by molar-refractivity contribution is 5.94. The number of ether oxygens (including phenoxy) is 1. The van der Waals surface area contributed by atoms with Crippen LogP contribution < -0.4 is 5.32 Å². The molecule has 1 aliphatic rings. The van der Waals surface area contributed by atoms with Crippen LogP contribution in [0.5, 0.6) is 0 Å². The first-order valence-electron chi connectivity index (χ1n) is 8.23. The van der Waals surface area contributed by atoms with Crippen LogP contribution in [0.3, 0.4) is 0 Å². The first-order chi connectivity index (χ1) is 11.8. The summed E-state index contributed by atoms with van der Waals surface area (Å²) in [7, 11) is 0. The van der Waals surface area contributed by atoms with Crippen molar-refractivity contribution in [3.63, 3.8) is 0 Å². The fourth-order valence-corrected chi connectivity index (χ4v) is 3.02. The van der Waals surface area contributed by atoms with Crippen LogP contribution in [0, 0.1) is 0 Å². The van der Waals surface area contributed by atoms with Gasteiger partial charge < -0.3 is 24.7 Å². The summed E-state index contributed by atoms with van der Waals surface area (Å²) in [6, 6.07) is 8.59. The Morgan fingerprint density at radius 2 is 2.17 bits per heavy atom. The number of aromatic nitrogens is 3. The van der Waals surface area contributed by atoms with E-state index in [2.05, 4.69) is 32.6 Å². The number of benzene rings is 1. The number of nitrogens with one attached hydrogen (secondary N) is 2. The molecule has 0 amide bonds. The highest BCUT2D eigenvalue weighted by atomic mass is 16.5. The summed E-state index contributed by atoms with van der Waals surface area (Å²) in [6.45, 7) is 1.61. The van der Waals surface area contributed by atoms with E-state index >= 15 is 0 Å². The van der Waals surface area contributed by atoms with Crippen molar-refractivity contribution < 1.29 is 14.4 Å². The molecule has 0 bridgehead atoms. The Morgan fingerprint density at radius 1 is 1.29 bits per heavy atom. The average molecular weight is 328 g/mol. The van der Waals surface area contributed by atoms with Gasteiger partial charge in [-0.2, -0.15) is 4.98 Å². The van der Waals surface area contributed by atoms with Crippen LogP contribution in [0.1, 0.15) is 18.7 Å². The minimum atomic E-state index is 0.00481. The molecular weight excluding hydrogens is 308 g/mol. The first-order valence-corrected chi connectivity index (χ1v) is 8.23. The van der Waals surface area contributed by atoms with Gasteiger partial charge in [-0.25, -0.2) is 0 Å². The maximum Gasteiger partial charge on any atom is 0.274 e. The lowest BCUT2D eigenvalue weighted by molar-refractivity contribution is 0.0905. The number of H-pyrrole nitrogens is 1. The summed E-state index contributed by atoms with van der Waals surface area (Å²) >= 11 is 0. The predicted molar refractivity (Wildman–Crippen MR) is 89.8 cm³/mol. The van der Waals surface area contributed by atoms with E-state index in [1.807, 2.05) is 12.1 Å². The molecule has 3 N–H and O–H groups in total. The van der Waals surface area contributed by atoms with Crippen molar-refractivity contribution in [2.24, 2.45) is 0 Å². The van der Waals surface area contributed by atoms with Gasteiger partial charge in [0.15, 0.2) is 5.82 Å². The van der Waals surface area contributed by atoms with Gasteiger partial charge in [-0.3, -0.25) is 0 Å². The predicted octanol–water partition coefficient (Wildman–Crippen LogP) is 2.34. The maximum atomic E-state index is 8.96. The third kappa shape index (κ3) is 3.00. The van der Waals surface area contributed by atoms with Crippen molar-refractivity contribution in [3.8, 4) is 11.6 Å². The van der Waals surface area contributed by atoms with Gasteiger partial charge in [-0.15, -0.1) is 0 Å². The minimum Gasteiger partial charge on any atom is -0.396 e. The molecule has 1 aliphatic heterocycles. The highest BCUT2D eigenvalue weighted by Crippen LogP contribution is 2.29. The Hall–Kier alpha value is -2.38. The summed E-state index contributed by atoms with van der Waals surface area (Å²) in [4.78, 5) is 7.68. The highest BCUT2D eigenvalue weighted by Gasteiger charge is 2.16. The number of aliphatic hydroxyl groups excluding tert-OH is 1. The van der Waals surface area contributed by atoms with E-state index in [9.17, 15) is 0 Å². The quantitative estimate of drug-likeness (QED) is 0.665. The third-order valence-corrected chi connectivity index (χ3v) is 4.27. The zero-order valence-corrected chi connectivity index (χ0v) is 13.3. The van der Waals surface area contributed by atoms with Crippen molar-refractivity contribution in [1.82, 2.24) is 15.1 Å². The summed E-state index contributed by atoms with van der Waals surface area (Å²) < 4.78 is 10.7. The Balaban J connectivity index is 1.63. The van der Waals surface area contributed by atoms with Gasteiger partial charge in [-0.1, -0.05) is 17.3 Å². The molecule has 0 radical (unpaired) electrons. The summed E-state index contributed by atoms with van der Waals surface area (Å²) in [6.07, 6.45) is 2.41. The van der Waals surface area contributed by atoms with Crippen LogP contribution >= 0.6 is 0 Å².